The molecule has 0 radical (unpaired) electrons. The minimum Gasteiger partial charge on any atom is -0.395 e. The highest BCUT2D eigenvalue weighted by Crippen LogP contribution is 2.14. The van der Waals surface area contributed by atoms with Crippen LogP contribution < -0.4 is 0 Å². The molecule has 1 aromatic carbocycles. The maximum atomic E-state index is 14.1. The predicted molar refractivity (Wildman–Crippen MR) is 82.2 cm³/mol. The van der Waals surface area contributed by atoms with Gasteiger partial charge in [0.25, 0.3) is 0 Å². The van der Waals surface area contributed by atoms with E-state index in [9.17, 15) is 9.50 Å². The summed E-state index contributed by atoms with van der Waals surface area (Å²) in [5.41, 5.74) is 0.395. The first-order valence-corrected chi connectivity index (χ1v) is 7.18. The van der Waals surface area contributed by atoms with Crippen LogP contribution in [0.3, 0.4) is 0 Å². The number of rotatable bonds is 6. The Morgan fingerprint density at radius 2 is 2.05 bits per heavy atom. The number of likely N-dealkylation sites (N-methyl/N-ethyl adjacent to an activating group) is 1. The highest BCUT2D eigenvalue weighted by molar-refractivity contribution is 5.37. The van der Waals surface area contributed by atoms with E-state index in [0.717, 1.165) is 6.54 Å². The second-order valence-electron chi connectivity index (χ2n) is 5.70. The Morgan fingerprint density at radius 1 is 1.33 bits per heavy atom. The van der Waals surface area contributed by atoms with E-state index in [-0.39, 0.29) is 12.4 Å². The molecule has 21 heavy (non-hydrogen) atoms. The number of nitrogens with zero attached hydrogens (tertiary/aromatic N) is 1. The summed E-state index contributed by atoms with van der Waals surface area (Å²) in [6.45, 7) is 7.16. The summed E-state index contributed by atoms with van der Waals surface area (Å²) in [5, 5.41) is 18.5. The Kier molecular flexibility index (Phi) is 6.83. The van der Waals surface area contributed by atoms with Crippen LogP contribution >= 0.6 is 0 Å². The average Bonchev–Trinajstić information content (AvgIpc) is 2.39. The molecule has 0 aliphatic carbocycles. The first-order chi connectivity index (χ1) is 9.85. The Morgan fingerprint density at radius 3 is 2.57 bits per heavy atom. The van der Waals surface area contributed by atoms with Gasteiger partial charge in [-0.15, -0.1) is 0 Å². The van der Waals surface area contributed by atoms with Gasteiger partial charge in [0, 0.05) is 30.6 Å². The largest absolute Gasteiger partial charge is 0.395 e. The van der Waals surface area contributed by atoms with Crippen LogP contribution in [-0.4, -0.2) is 40.4 Å². The molecular formula is C17H24FNO2. The molecule has 0 unspecified atom stereocenters. The van der Waals surface area contributed by atoms with Crippen LogP contribution in [0.2, 0.25) is 0 Å². The van der Waals surface area contributed by atoms with Crippen LogP contribution in [0.25, 0.3) is 0 Å². The van der Waals surface area contributed by atoms with Crippen molar-refractivity contribution in [3.05, 3.63) is 35.1 Å². The van der Waals surface area contributed by atoms with Crippen molar-refractivity contribution >= 4 is 0 Å². The monoisotopic (exact) mass is 293 g/mol. The number of aliphatic hydroxyl groups is 2. The average molecular weight is 293 g/mol. The lowest BCUT2D eigenvalue weighted by Gasteiger charge is -2.28. The SMILES string of the molecule is CCN(Cc1ccc(C#CCCO)cc1F)CC(C)(C)O. The van der Waals surface area contributed by atoms with E-state index in [1.165, 1.54) is 6.07 Å². The smallest absolute Gasteiger partial charge is 0.128 e. The third-order valence-electron chi connectivity index (χ3n) is 2.97. The standard InChI is InChI=1S/C17H24FNO2/c1-4-19(13-17(2,3)21)12-15-9-8-14(11-16(15)18)7-5-6-10-20/h8-9,11,20-21H,4,6,10,12-13H2,1-3H3. The molecule has 0 amide bonds. The van der Waals surface area contributed by atoms with Crippen LogP contribution in [0.5, 0.6) is 0 Å². The molecule has 0 fully saturated rings. The van der Waals surface area contributed by atoms with Gasteiger partial charge >= 0.3 is 0 Å². The van der Waals surface area contributed by atoms with Crippen LogP contribution in [0, 0.1) is 17.7 Å². The third kappa shape index (κ3) is 6.72. The maximum Gasteiger partial charge on any atom is 0.128 e. The Hall–Kier alpha value is -1.41. The lowest BCUT2D eigenvalue weighted by Crippen LogP contribution is -2.38. The van der Waals surface area contributed by atoms with Crippen molar-refractivity contribution in [2.45, 2.75) is 39.3 Å². The van der Waals surface area contributed by atoms with Gasteiger partial charge in [-0.05, 0) is 32.5 Å². The number of halogens is 1. The van der Waals surface area contributed by atoms with Crippen molar-refractivity contribution in [1.82, 2.24) is 4.90 Å². The summed E-state index contributed by atoms with van der Waals surface area (Å²) in [7, 11) is 0. The zero-order chi connectivity index (χ0) is 15.9. The lowest BCUT2D eigenvalue weighted by molar-refractivity contribution is 0.0350. The fourth-order valence-electron chi connectivity index (χ4n) is 2.04. The van der Waals surface area contributed by atoms with Gasteiger partial charge in [0.1, 0.15) is 5.82 Å². The lowest BCUT2D eigenvalue weighted by atomic mass is 10.1. The van der Waals surface area contributed by atoms with E-state index in [0.29, 0.717) is 30.6 Å². The second-order valence-corrected chi connectivity index (χ2v) is 5.70. The molecule has 0 aliphatic heterocycles. The summed E-state index contributed by atoms with van der Waals surface area (Å²) < 4.78 is 14.1. The fourth-order valence-corrected chi connectivity index (χ4v) is 2.04. The molecule has 1 rings (SSSR count). The molecule has 0 bridgehead atoms. The number of aliphatic hydroxyl groups excluding tert-OH is 1. The molecule has 0 saturated heterocycles. The third-order valence-corrected chi connectivity index (χ3v) is 2.97. The van der Waals surface area contributed by atoms with E-state index in [1.807, 2.05) is 11.8 Å². The Labute approximate surface area is 126 Å². The van der Waals surface area contributed by atoms with Gasteiger partial charge in [-0.25, -0.2) is 4.39 Å². The highest BCUT2D eigenvalue weighted by Gasteiger charge is 2.18. The molecule has 116 valence electrons. The summed E-state index contributed by atoms with van der Waals surface area (Å²) in [6, 6.07) is 4.92. The summed E-state index contributed by atoms with van der Waals surface area (Å²) in [4.78, 5) is 2.00. The number of benzene rings is 1. The molecule has 0 aliphatic rings. The summed E-state index contributed by atoms with van der Waals surface area (Å²) in [5.74, 6) is 5.29. The quantitative estimate of drug-likeness (QED) is 0.790. The van der Waals surface area contributed by atoms with Gasteiger partial charge in [-0.3, -0.25) is 4.90 Å². The van der Waals surface area contributed by atoms with E-state index in [1.54, 1.807) is 26.0 Å². The van der Waals surface area contributed by atoms with Crippen molar-refractivity contribution in [2.24, 2.45) is 0 Å². The van der Waals surface area contributed by atoms with Gasteiger partial charge < -0.3 is 10.2 Å². The van der Waals surface area contributed by atoms with Crippen LogP contribution in [-0.2, 0) is 6.54 Å². The van der Waals surface area contributed by atoms with Gasteiger partial charge in [0.15, 0.2) is 0 Å². The zero-order valence-electron chi connectivity index (χ0n) is 13.0. The minimum absolute atomic E-state index is 0.00989. The molecule has 2 N–H and O–H groups in total. The van der Waals surface area contributed by atoms with Crippen molar-refractivity contribution < 1.29 is 14.6 Å². The normalized spacial score (nSPS) is 11.4. The van der Waals surface area contributed by atoms with Crippen molar-refractivity contribution in [2.75, 3.05) is 19.7 Å². The van der Waals surface area contributed by atoms with Crippen LogP contribution in [0.1, 0.15) is 38.3 Å². The van der Waals surface area contributed by atoms with Crippen LogP contribution in [0.15, 0.2) is 18.2 Å². The highest BCUT2D eigenvalue weighted by atomic mass is 19.1. The summed E-state index contributed by atoms with van der Waals surface area (Å²) in [6.07, 6.45) is 0.387. The van der Waals surface area contributed by atoms with Crippen molar-refractivity contribution in [3.8, 4) is 11.8 Å². The predicted octanol–water partition coefficient (Wildman–Crippen LogP) is 2.15. The topological polar surface area (TPSA) is 43.7 Å². The molecule has 0 spiro atoms. The first kappa shape index (κ1) is 17.6. The molecule has 0 saturated carbocycles. The number of hydrogen-bond donors (Lipinski definition) is 2. The molecule has 0 atom stereocenters. The first-order valence-electron chi connectivity index (χ1n) is 7.18. The Balaban J connectivity index is 2.78. The van der Waals surface area contributed by atoms with E-state index in [4.69, 9.17) is 5.11 Å². The van der Waals surface area contributed by atoms with Gasteiger partial charge in [-0.1, -0.05) is 24.8 Å². The summed E-state index contributed by atoms with van der Waals surface area (Å²) >= 11 is 0. The van der Waals surface area contributed by atoms with E-state index >= 15 is 0 Å². The molecule has 0 heterocycles. The fraction of sp³-hybridized carbons (Fsp3) is 0.529. The van der Waals surface area contributed by atoms with Crippen molar-refractivity contribution in [1.29, 1.82) is 0 Å². The Bertz CT molecular complexity index is 512. The zero-order valence-corrected chi connectivity index (χ0v) is 13.0. The number of hydrogen-bond acceptors (Lipinski definition) is 3. The van der Waals surface area contributed by atoms with Gasteiger partial charge in [0.05, 0.1) is 12.2 Å². The molecular weight excluding hydrogens is 269 g/mol. The molecule has 0 aromatic heterocycles. The molecule has 1 aromatic rings. The maximum absolute atomic E-state index is 14.1. The van der Waals surface area contributed by atoms with Crippen LogP contribution in [0.4, 0.5) is 4.39 Å². The van der Waals surface area contributed by atoms with Gasteiger partial charge in [0.2, 0.25) is 0 Å². The minimum atomic E-state index is -0.803. The molecule has 4 heteroatoms. The van der Waals surface area contributed by atoms with Crippen molar-refractivity contribution in [3.63, 3.8) is 0 Å². The van der Waals surface area contributed by atoms with Gasteiger partial charge in [-0.2, -0.15) is 0 Å². The molecule has 3 nitrogen and oxygen atoms in total. The van der Waals surface area contributed by atoms with E-state index in [2.05, 4.69) is 11.8 Å². The second kappa shape index (κ2) is 8.14. The van der Waals surface area contributed by atoms with E-state index < -0.39 is 5.60 Å².